The number of carbonyl (C=O) groups excluding carboxylic acids is 1. The van der Waals surface area contributed by atoms with E-state index in [-0.39, 0.29) is 17.9 Å². The smallest absolute Gasteiger partial charge is 0.253 e. The van der Waals surface area contributed by atoms with Crippen LogP contribution in [0.5, 0.6) is 0 Å². The topological polar surface area (TPSA) is 40.5 Å². The van der Waals surface area contributed by atoms with Gasteiger partial charge in [-0.1, -0.05) is 15.9 Å². The molecule has 1 N–H and O–H groups in total. The van der Waals surface area contributed by atoms with Gasteiger partial charge in [0.25, 0.3) is 5.91 Å². The fourth-order valence-corrected chi connectivity index (χ4v) is 2.91. The molecule has 0 saturated carbocycles. The molecule has 3 nitrogen and oxygen atoms in total. The third-order valence-corrected chi connectivity index (χ3v) is 4.08. The summed E-state index contributed by atoms with van der Waals surface area (Å²) in [4.78, 5) is 14.0. The fourth-order valence-electron chi connectivity index (χ4n) is 2.44. The molecule has 1 aliphatic heterocycles. The standard InChI is InChI=1S/C14H17BrFNO2/c1-9(18)10-2-4-17(5-3-10)14(19)11-6-12(15)8-13(16)7-11/h6-10,18H,2-5H2,1H3. The van der Waals surface area contributed by atoms with Crippen molar-refractivity contribution in [1.29, 1.82) is 0 Å². The molecule has 1 heterocycles. The molecule has 0 spiro atoms. The van der Waals surface area contributed by atoms with E-state index in [2.05, 4.69) is 15.9 Å². The Labute approximate surface area is 120 Å². The minimum absolute atomic E-state index is 0.149. The third kappa shape index (κ3) is 3.54. The van der Waals surface area contributed by atoms with Gasteiger partial charge in [-0.25, -0.2) is 4.39 Å². The SMILES string of the molecule is CC(O)C1CCN(C(=O)c2cc(F)cc(Br)c2)CC1. The van der Waals surface area contributed by atoms with Crippen LogP contribution in [0.1, 0.15) is 30.1 Å². The molecular weight excluding hydrogens is 313 g/mol. The van der Waals surface area contributed by atoms with Crippen LogP contribution in [-0.2, 0) is 0 Å². The lowest BCUT2D eigenvalue weighted by atomic mass is 9.92. The number of hydrogen-bond donors (Lipinski definition) is 1. The minimum atomic E-state index is -0.420. The van der Waals surface area contributed by atoms with Crippen LogP contribution in [0, 0.1) is 11.7 Å². The zero-order valence-corrected chi connectivity index (χ0v) is 12.4. The lowest BCUT2D eigenvalue weighted by Gasteiger charge is -2.33. The molecule has 104 valence electrons. The molecule has 1 saturated heterocycles. The second-order valence-corrected chi connectivity index (χ2v) is 5.94. The summed E-state index contributed by atoms with van der Waals surface area (Å²) in [6.45, 7) is 3.01. The Hall–Kier alpha value is -0.940. The highest BCUT2D eigenvalue weighted by molar-refractivity contribution is 9.10. The van der Waals surface area contributed by atoms with Crippen molar-refractivity contribution in [3.63, 3.8) is 0 Å². The number of carbonyl (C=O) groups is 1. The first-order valence-corrected chi connectivity index (χ1v) is 7.20. The van der Waals surface area contributed by atoms with Crippen LogP contribution in [0.15, 0.2) is 22.7 Å². The van der Waals surface area contributed by atoms with Gasteiger partial charge in [-0.2, -0.15) is 0 Å². The molecule has 2 rings (SSSR count). The molecule has 1 aromatic carbocycles. The van der Waals surface area contributed by atoms with Gasteiger partial charge in [0.2, 0.25) is 0 Å². The lowest BCUT2D eigenvalue weighted by Crippen LogP contribution is -2.40. The van der Waals surface area contributed by atoms with Gasteiger partial charge in [-0.3, -0.25) is 4.79 Å². The molecule has 1 atom stereocenters. The van der Waals surface area contributed by atoms with Gasteiger partial charge >= 0.3 is 0 Å². The number of benzene rings is 1. The van der Waals surface area contributed by atoms with E-state index in [1.807, 2.05) is 0 Å². The van der Waals surface area contributed by atoms with Crippen LogP contribution in [-0.4, -0.2) is 35.1 Å². The highest BCUT2D eigenvalue weighted by Crippen LogP contribution is 2.23. The van der Waals surface area contributed by atoms with Crippen molar-refractivity contribution in [2.24, 2.45) is 5.92 Å². The van der Waals surface area contributed by atoms with E-state index in [1.54, 1.807) is 17.9 Å². The monoisotopic (exact) mass is 329 g/mol. The molecule has 1 aromatic rings. The Kier molecular flexibility index (Phi) is 4.58. The van der Waals surface area contributed by atoms with Gasteiger partial charge in [0.05, 0.1) is 6.10 Å². The summed E-state index contributed by atoms with van der Waals surface area (Å²) in [5.41, 5.74) is 0.363. The van der Waals surface area contributed by atoms with Crippen LogP contribution in [0.2, 0.25) is 0 Å². The number of halogens is 2. The predicted molar refractivity (Wildman–Crippen MR) is 74.4 cm³/mol. The Balaban J connectivity index is 2.05. The molecule has 1 fully saturated rings. The van der Waals surface area contributed by atoms with E-state index >= 15 is 0 Å². The van der Waals surface area contributed by atoms with E-state index in [1.165, 1.54) is 12.1 Å². The van der Waals surface area contributed by atoms with Crippen molar-refractivity contribution in [3.05, 3.63) is 34.1 Å². The average Bonchev–Trinajstić information content (AvgIpc) is 2.37. The minimum Gasteiger partial charge on any atom is -0.393 e. The van der Waals surface area contributed by atoms with Gasteiger partial charge in [-0.15, -0.1) is 0 Å². The van der Waals surface area contributed by atoms with E-state index < -0.39 is 5.82 Å². The Morgan fingerprint density at radius 1 is 1.42 bits per heavy atom. The molecular formula is C14H17BrFNO2. The number of nitrogens with zero attached hydrogens (tertiary/aromatic N) is 1. The summed E-state index contributed by atoms with van der Waals surface area (Å²) < 4.78 is 13.9. The second-order valence-electron chi connectivity index (χ2n) is 5.03. The third-order valence-electron chi connectivity index (χ3n) is 3.62. The van der Waals surface area contributed by atoms with Crippen molar-refractivity contribution in [1.82, 2.24) is 4.90 Å². The first-order chi connectivity index (χ1) is 8.97. The van der Waals surface area contributed by atoms with Gasteiger partial charge in [-0.05, 0) is 43.9 Å². The number of hydrogen-bond acceptors (Lipinski definition) is 2. The predicted octanol–water partition coefficient (Wildman–Crippen LogP) is 2.82. The van der Waals surface area contributed by atoms with E-state index in [4.69, 9.17) is 0 Å². The summed E-state index contributed by atoms with van der Waals surface area (Å²) in [5.74, 6) is -0.316. The van der Waals surface area contributed by atoms with Crippen molar-refractivity contribution >= 4 is 21.8 Å². The Bertz CT molecular complexity index is 450. The summed E-state index contributed by atoms with van der Waals surface area (Å²) in [6.07, 6.45) is 1.25. The molecule has 0 radical (unpaired) electrons. The molecule has 1 unspecified atom stereocenters. The lowest BCUT2D eigenvalue weighted by molar-refractivity contribution is 0.0521. The van der Waals surface area contributed by atoms with Crippen LogP contribution in [0.4, 0.5) is 4.39 Å². The number of likely N-dealkylation sites (tertiary alicyclic amines) is 1. The van der Waals surface area contributed by atoms with Crippen LogP contribution in [0.3, 0.4) is 0 Å². The van der Waals surface area contributed by atoms with E-state index in [0.29, 0.717) is 23.1 Å². The quantitative estimate of drug-likeness (QED) is 0.906. The Morgan fingerprint density at radius 3 is 2.58 bits per heavy atom. The van der Waals surface area contributed by atoms with Crippen molar-refractivity contribution in [3.8, 4) is 0 Å². The van der Waals surface area contributed by atoms with Gasteiger partial charge < -0.3 is 10.0 Å². The molecule has 0 bridgehead atoms. The molecule has 19 heavy (non-hydrogen) atoms. The molecule has 0 aliphatic carbocycles. The number of piperidine rings is 1. The summed E-state index contributed by atoms with van der Waals surface area (Å²) in [7, 11) is 0. The molecule has 1 amide bonds. The number of aliphatic hydroxyl groups excluding tert-OH is 1. The zero-order chi connectivity index (χ0) is 14.0. The zero-order valence-electron chi connectivity index (χ0n) is 10.8. The molecule has 5 heteroatoms. The van der Waals surface area contributed by atoms with E-state index in [9.17, 15) is 14.3 Å². The largest absolute Gasteiger partial charge is 0.393 e. The van der Waals surface area contributed by atoms with Crippen LogP contribution in [0.25, 0.3) is 0 Å². The number of amides is 1. The van der Waals surface area contributed by atoms with Gasteiger partial charge in [0.15, 0.2) is 0 Å². The first-order valence-electron chi connectivity index (χ1n) is 6.41. The second kappa shape index (κ2) is 6.01. The summed E-state index contributed by atoms with van der Waals surface area (Å²) >= 11 is 3.19. The molecule has 0 aromatic heterocycles. The van der Waals surface area contributed by atoms with Crippen molar-refractivity contribution in [2.75, 3.05) is 13.1 Å². The number of aliphatic hydroxyl groups is 1. The Morgan fingerprint density at radius 2 is 2.05 bits per heavy atom. The number of rotatable bonds is 2. The van der Waals surface area contributed by atoms with Gasteiger partial charge in [0, 0.05) is 23.1 Å². The van der Waals surface area contributed by atoms with Crippen LogP contribution < -0.4 is 0 Å². The van der Waals surface area contributed by atoms with Crippen molar-refractivity contribution in [2.45, 2.75) is 25.9 Å². The summed E-state index contributed by atoms with van der Waals surface area (Å²) in [5, 5.41) is 9.53. The fraction of sp³-hybridized carbons (Fsp3) is 0.500. The van der Waals surface area contributed by atoms with Gasteiger partial charge in [0.1, 0.15) is 5.82 Å². The maximum Gasteiger partial charge on any atom is 0.253 e. The maximum atomic E-state index is 13.3. The normalized spacial score (nSPS) is 18.4. The maximum absolute atomic E-state index is 13.3. The molecule has 1 aliphatic rings. The van der Waals surface area contributed by atoms with E-state index in [0.717, 1.165) is 12.8 Å². The average molecular weight is 330 g/mol. The first kappa shape index (κ1) is 14.5. The van der Waals surface area contributed by atoms with Crippen molar-refractivity contribution < 1.29 is 14.3 Å². The highest BCUT2D eigenvalue weighted by Gasteiger charge is 2.26. The highest BCUT2D eigenvalue weighted by atomic mass is 79.9. The summed E-state index contributed by atoms with van der Waals surface area (Å²) in [6, 6.07) is 4.22. The van der Waals surface area contributed by atoms with Crippen LogP contribution >= 0.6 is 15.9 Å².